The Morgan fingerprint density at radius 1 is 1.00 bits per heavy atom. The Bertz CT molecular complexity index is 802. The lowest BCUT2D eigenvalue weighted by Gasteiger charge is -2.28. The van der Waals surface area contributed by atoms with Crippen LogP contribution in [0.5, 0.6) is 11.6 Å². The molecular formula is C24H33N3O3. The van der Waals surface area contributed by atoms with Crippen molar-refractivity contribution in [3.8, 4) is 22.8 Å². The smallest absolute Gasteiger partial charge is 0.221 e. The van der Waals surface area contributed by atoms with E-state index in [9.17, 15) is 0 Å². The first-order valence-corrected chi connectivity index (χ1v) is 11.1. The first-order valence-electron chi connectivity index (χ1n) is 11.1. The average Bonchev–Trinajstić information content (AvgIpc) is 2.81. The van der Waals surface area contributed by atoms with Crippen LogP contribution in [0, 0.1) is 0 Å². The lowest BCUT2D eigenvalue weighted by Crippen LogP contribution is -2.36. The Labute approximate surface area is 179 Å². The maximum Gasteiger partial charge on any atom is 0.221 e. The zero-order valence-corrected chi connectivity index (χ0v) is 18.0. The van der Waals surface area contributed by atoms with Gasteiger partial charge in [0.25, 0.3) is 0 Å². The topological polar surface area (TPSA) is 47.1 Å². The van der Waals surface area contributed by atoms with Gasteiger partial charge in [0.15, 0.2) is 0 Å². The lowest BCUT2D eigenvalue weighted by atomic mass is 10.0. The molecule has 4 rings (SSSR count). The molecule has 6 nitrogen and oxygen atoms in total. The number of likely N-dealkylation sites (tertiary alicyclic amines) is 1. The van der Waals surface area contributed by atoms with E-state index in [0.717, 1.165) is 62.9 Å². The summed E-state index contributed by atoms with van der Waals surface area (Å²) >= 11 is 0. The van der Waals surface area contributed by atoms with Crippen molar-refractivity contribution in [2.75, 3.05) is 59.7 Å². The number of pyridine rings is 1. The van der Waals surface area contributed by atoms with Crippen molar-refractivity contribution in [1.29, 1.82) is 0 Å². The highest BCUT2D eigenvalue weighted by atomic mass is 16.5. The second-order valence-corrected chi connectivity index (χ2v) is 8.02. The molecule has 0 saturated carbocycles. The minimum absolute atomic E-state index is 0.647. The van der Waals surface area contributed by atoms with E-state index in [1.807, 2.05) is 6.07 Å². The number of ether oxygens (including phenoxy) is 3. The highest BCUT2D eigenvalue weighted by Gasteiger charge is 2.17. The van der Waals surface area contributed by atoms with Crippen molar-refractivity contribution >= 4 is 0 Å². The predicted molar refractivity (Wildman–Crippen MR) is 118 cm³/mol. The molecule has 2 aliphatic heterocycles. The van der Waals surface area contributed by atoms with E-state index in [2.05, 4.69) is 39.0 Å². The molecule has 2 aliphatic rings. The number of hydrogen-bond donors (Lipinski definition) is 0. The summed E-state index contributed by atoms with van der Waals surface area (Å²) in [6.45, 7) is 8.47. The van der Waals surface area contributed by atoms with Crippen LogP contribution in [0.4, 0.5) is 0 Å². The third kappa shape index (κ3) is 5.50. The van der Waals surface area contributed by atoms with E-state index in [4.69, 9.17) is 14.2 Å². The third-order valence-corrected chi connectivity index (χ3v) is 5.95. The van der Waals surface area contributed by atoms with Gasteiger partial charge >= 0.3 is 0 Å². The van der Waals surface area contributed by atoms with Crippen LogP contribution in [0.1, 0.15) is 24.8 Å². The fourth-order valence-electron chi connectivity index (χ4n) is 4.25. The molecule has 2 aromatic rings. The molecule has 6 heteroatoms. The molecule has 0 bridgehead atoms. The molecule has 1 aromatic heterocycles. The number of methoxy groups -OCH3 is 1. The van der Waals surface area contributed by atoms with Crippen molar-refractivity contribution in [3.05, 3.63) is 42.1 Å². The van der Waals surface area contributed by atoms with E-state index >= 15 is 0 Å². The average molecular weight is 412 g/mol. The molecule has 0 N–H and O–H groups in total. The highest BCUT2D eigenvalue weighted by Crippen LogP contribution is 2.32. The monoisotopic (exact) mass is 411 g/mol. The second-order valence-electron chi connectivity index (χ2n) is 8.02. The molecule has 3 heterocycles. The van der Waals surface area contributed by atoms with E-state index in [1.54, 1.807) is 13.3 Å². The van der Waals surface area contributed by atoms with Gasteiger partial charge in [0.2, 0.25) is 5.88 Å². The summed E-state index contributed by atoms with van der Waals surface area (Å²) in [5.41, 5.74) is 3.31. The summed E-state index contributed by atoms with van der Waals surface area (Å²) in [5, 5.41) is 0. The van der Waals surface area contributed by atoms with E-state index in [0.29, 0.717) is 5.88 Å². The molecule has 1 aromatic carbocycles. The first-order chi connectivity index (χ1) is 14.8. The van der Waals surface area contributed by atoms with Gasteiger partial charge in [0.05, 0.1) is 20.3 Å². The molecule has 0 unspecified atom stereocenters. The number of benzene rings is 1. The van der Waals surface area contributed by atoms with Crippen molar-refractivity contribution < 1.29 is 14.2 Å². The minimum Gasteiger partial charge on any atom is -0.492 e. The Hall–Kier alpha value is -2.15. The summed E-state index contributed by atoms with van der Waals surface area (Å²) in [4.78, 5) is 9.30. The van der Waals surface area contributed by atoms with Crippen LogP contribution >= 0.6 is 0 Å². The van der Waals surface area contributed by atoms with Gasteiger partial charge in [-0.1, -0.05) is 12.5 Å². The molecule has 162 valence electrons. The van der Waals surface area contributed by atoms with Gasteiger partial charge in [-0.2, -0.15) is 0 Å². The molecule has 0 radical (unpaired) electrons. The molecular weight excluding hydrogens is 378 g/mol. The number of hydrogen-bond acceptors (Lipinski definition) is 6. The van der Waals surface area contributed by atoms with Crippen LogP contribution < -0.4 is 9.47 Å². The fourth-order valence-corrected chi connectivity index (χ4v) is 4.25. The molecule has 2 saturated heterocycles. The summed E-state index contributed by atoms with van der Waals surface area (Å²) in [7, 11) is 1.67. The van der Waals surface area contributed by atoms with Crippen LogP contribution in [-0.2, 0) is 11.3 Å². The minimum atomic E-state index is 0.647. The number of rotatable bonds is 8. The molecule has 0 atom stereocenters. The summed E-state index contributed by atoms with van der Waals surface area (Å²) in [6.07, 6.45) is 5.74. The van der Waals surface area contributed by atoms with Gasteiger partial charge < -0.3 is 14.2 Å². The van der Waals surface area contributed by atoms with Gasteiger partial charge in [-0.15, -0.1) is 0 Å². The summed E-state index contributed by atoms with van der Waals surface area (Å²) in [5.74, 6) is 1.62. The Balaban J connectivity index is 1.51. The van der Waals surface area contributed by atoms with E-state index in [1.165, 1.54) is 37.9 Å². The van der Waals surface area contributed by atoms with Gasteiger partial charge in [0.1, 0.15) is 12.4 Å². The molecule has 0 amide bonds. The van der Waals surface area contributed by atoms with Crippen molar-refractivity contribution in [2.24, 2.45) is 0 Å². The number of aromatic nitrogens is 1. The molecule has 0 spiro atoms. The van der Waals surface area contributed by atoms with Crippen molar-refractivity contribution in [3.63, 3.8) is 0 Å². The van der Waals surface area contributed by atoms with Crippen molar-refractivity contribution in [2.45, 2.75) is 25.8 Å². The molecule has 2 fully saturated rings. The lowest BCUT2D eigenvalue weighted by molar-refractivity contribution is 0.0337. The van der Waals surface area contributed by atoms with Gasteiger partial charge in [-0.25, -0.2) is 4.98 Å². The summed E-state index contributed by atoms with van der Waals surface area (Å²) in [6, 6.07) is 10.4. The second kappa shape index (κ2) is 10.8. The highest BCUT2D eigenvalue weighted by molar-refractivity contribution is 5.70. The predicted octanol–water partition coefficient (Wildman–Crippen LogP) is 3.45. The largest absolute Gasteiger partial charge is 0.492 e. The third-order valence-electron chi connectivity index (χ3n) is 5.95. The van der Waals surface area contributed by atoms with Gasteiger partial charge in [-0.05, 0) is 55.8 Å². The van der Waals surface area contributed by atoms with Gasteiger partial charge in [0, 0.05) is 43.5 Å². The number of morpholine rings is 1. The van der Waals surface area contributed by atoms with Gasteiger partial charge in [-0.3, -0.25) is 9.80 Å². The van der Waals surface area contributed by atoms with E-state index < -0.39 is 0 Å². The molecule has 0 aliphatic carbocycles. The number of nitrogens with zero attached hydrogens (tertiary/aromatic N) is 3. The standard InChI is InChI=1S/C24H33N3O3/c1-28-24-22(6-5-9-25-24)20-7-8-23(30-17-14-26-10-3-2-4-11-26)21(18-20)19-27-12-15-29-16-13-27/h5-9,18H,2-4,10-17,19H2,1H3. The molecule has 30 heavy (non-hydrogen) atoms. The number of piperidine rings is 1. The SMILES string of the molecule is COc1ncccc1-c1ccc(OCCN2CCCCC2)c(CN2CCOCC2)c1. The Kier molecular flexibility index (Phi) is 7.56. The summed E-state index contributed by atoms with van der Waals surface area (Å²) < 4.78 is 17.3. The van der Waals surface area contributed by atoms with Crippen LogP contribution in [0.3, 0.4) is 0 Å². The van der Waals surface area contributed by atoms with Crippen LogP contribution in [-0.4, -0.2) is 74.4 Å². The maximum absolute atomic E-state index is 6.28. The first kappa shape index (κ1) is 21.1. The zero-order chi connectivity index (χ0) is 20.6. The normalized spacial score (nSPS) is 18.3. The Morgan fingerprint density at radius 3 is 2.63 bits per heavy atom. The zero-order valence-electron chi connectivity index (χ0n) is 18.0. The van der Waals surface area contributed by atoms with Crippen LogP contribution in [0.15, 0.2) is 36.5 Å². The quantitative estimate of drug-likeness (QED) is 0.663. The van der Waals surface area contributed by atoms with Crippen LogP contribution in [0.25, 0.3) is 11.1 Å². The van der Waals surface area contributed by atoms with E-state index in [-0.39, 0.29) is 0 Å². The maximum atomic E-state index is 6.28. The Morgan fingerprint density at radius 2 is 1.83 bits per heavy atom. The van der Waals surface area contributed by atoms with Crippen LogP contribution in [0.2, 0.25) is 0 Å². The van der Waals surface area contributed by atoms with Crippen molar-refractivity contribution in [1.82, 2.24) is 14.8 Å². The fraction of sp³-hybridized carbons (Fsp3) is 0.542.